The topological polar surface area (TPSA) is 103 Å². The molecule has 1 aromatic heterocycles. The Bertz CT molecular complexity index is 1150. The minimum atomic E-state index is -0.426. The van der Waals surface area contributed by atoms with Gasteiger partial charge in [0.15, 0.2) is 11.5 Å². The second-order valence-corrected chi connectivity index (χ2v) is 7.27. The second-order valence-electron chi connectivity index (χ2n) is 7.27. The van der Waals surface area contributed by atoms with Gasteiger partial charge >= 0.3 is 6.01 Å². The van der Waals surface area contributed by atoms with Gasteiger partial charge in [0.25, 0.3) is 5.69 Å². The van der Waals surface area contributed by atoms with Gasteiger partial charge in [0.2, 0.25) is 0 Å². The Morgan fingerprint density at radius 2 is 1.84 bits per heavy atom. The van der Waals surface area contributed by atoms with Crippen LogP contribution in [0.25, 0.3) is 0 Å². The van der Waals surface area contributed by atoms with Crippen LogP contribution < -0.4 is 14.5 Å². The molecule has 0 saturated heterocycles. The smallest absolute Gasteiger partial charge is 0.318 e. The van der Waals surface area contributed by atoms with Crippen molar-refractivity contribution in [1.82, 2.24) is 4.98 Å². The molecule has 0 N–H and O–H groups in total. The van der Waals surface area contributed by atoms with Crippen LogP contribution >= 0.6 is 0 Å². The Morgan fingerprint density at radius 3 is 2.42 bits per heavy atom. The molecule has 31 heavy (non-hydrogen) atoms. The van der Waals surface area contributed by atoms with E-state index in [2.05, 4.69) is 4.98 Å². The quantitative estimate of drug-likeness (QED) is 0.450. The van der Waals surface area contributed by atoms with Crippen LogP contribution in [0.3, 0.4) is 0 Å². The number of aryl methyl sites for hydroxylation is 1. The molecule has 2 aromatic carbocycles. The van der Waals surface area contributed by atoms with Crippen molar-refractivity contribution in [3.63, 3.8) is 0 Å². The van der Waals surface area contributed by atoms with Crippen LogP contribution in [0.1, 0.15) is 29.4 Å². The minimum absolute atomic E-state index is 0.0130. The van der Waals surface area contributed by atoms with Gasteiger partial charge in [0.1, 0.15) is 5.76 Å². The number of rotatable bonds is 5. The molecule has 2 heterocycles. The number of hydrogen-bond acceptors (Lipinski definition) is 8. The number of hydrazone groups is 1. The third kappa shape index (κ3) is 3.81. The lowest BCUT2D eigenvalue weighted by Crippen LogP contribution is -2.29. The second kappa shape index (κ2) is 8.10. The number of nitrogens with zero attached hydrogens (tertiary/aromatic N) is 4. The zero-order valence-electron chi connectivity index (χ0n) is 17.7. The predicted octanol–water partition coefficient (Wildman–Crippen LogP) is 4.11. The first-order valence-corrected chi connectivity index (χ1v) is 9.71. The number of methoxy groups -OCH3 is 2. The highest BCUT2D eigenvalue weighted by Gasteiger charge is 2.28. The van der Waals surface area contributed by atoms with Gasteiger partial charge < -0.3 is 13.9 Å². The van der Waals surface area contributed by atoms with Crippen molar-refractivity contribution >= 4 is 17.4 Å². The molecule has 9 nitrogen and oxygen atoms in total. The Balaban J connectivity index is 1.92. The van der Waals surface area contributed by atoms with Gasteiger partial charge in [-0.05, 0) is 50.1 Å². The summed E-state index contributed by atoms with van der Waals surface area (Å²) >= 11 is 0. The van der Waals surface area contributed by atoms with E-state index in [1.54, 1.807) is 37.6 Å². The molecule has 0 bridgehead atoms. The zero-order chi connectivity index (χ0) is 22.1. The molecule has 0 amide bonds. The van der Waals surface area contributed by atoms with E-state index in [9.17, 15) is 10.1 Å². The number of aromatic nitrogens is 1. The molecule has 9 heteroatoms. The van der Waals surface area contributed by atoms with Gasteiger partial charge in [-0.1, -0.05) is 0 Å². The maximum atomic E-state index is 11.1. The van der Waals surface area contributed by atoms with Gasteiger partial charge in [-0.2, -0.15) is 5.10 Å². The van der Waals surface area contributed by atoms with Crippen LogP contribution in [0.5, 0.6) is 11.5 Å². The van der Waals surface area contributed by atoms with E-state index in [-0.39, 0.29) is 11.7 Å². The fraction of sp³-hybridized carbons (Fsp3) is 0.273. The first kappa shape index (κ1) is 20.4. The summed E-state index contributed by atoms with van der Waals surface area (Å²) in [6.45, 7) is 3.85. The van der Waals surface area contributed by atoms with Crippen LogP contribution in [-0.4, -0.2) is 35.9 Å². The van der Waals surface area contributed by atoms with E-state index in [0.717, 1.165) is 16.7 Å². The Labute approximate surface area is 179 Å². The number of benzene rings is 2. The summed E-state index contributed by atoms with van der Waals surface area (Å²) in [4.78, 5) is 15.0. The summed E-state index contributed by atoms with van der Waals surface area (Å²) in [7, 11) is 3.17. The van der Waals surface area contributed by atoms with Crippen LogP contribution in [0.15, 0.2) is 52.1 Å². The van der Waals surface area contributed by atoms with E-state index in [0.29, 0.717) is 35.4 Å². The summed E-state index contributed by atoms with van der Waals surface area (Å²) < 4.78 is 16.7. The van der Waals surface area contributed by atoms with E-state index >= 15 is 0 Å². The number of nitro benzene ring substituents is 1. The van der Waals surface area contributed by atoms with E-state index < -0.39 is 4.92 Å². The van der Waals surface area contributed by atoms with Crippen molar-refractivity contribution in [3.8, 4) is 11.5 Å². The molecule has 160 valence electrons. The SMILES string of the molecule is COc1cc2c(cc1OC)C(c1ccc([N+](=O)[O-])cc1)=NN(c1ncc(C)o1)[C@H](C)C2. The van der Waals surface area contributed by atoms with Crippen LogP contribution in [-0.2, 0) is 6.42 Å². The minimum Gasteiger partial charge on any atom is -0.493 e. The molecule has 0 saturated carbocycles. The van der Waals surface area contributed by atoms with Gasteiger partial charge in [-0.15, -0.1) is 0 Å². The molecule has 0 aliphatic carbocycles. The average molecular weight is 422 g/mol. The third-order valence-corrected chi connectivity index (χ3v) is 5.16. The summed E-state index contributed by atoms with van der Waals surface area (Å²) in [6.07, 6.45) is 2.30. The van der Waals surface area contributed by atoms with Crippen LogP contribution in [0.2, 0.25) is 0 Å². The van der Waals surface area contributed by atoms with Crippen LogP contribution in [0.4, 0.5) is 11.7 Å². The molecule has 0 unspecified atom stereocenters. The molecule has 1 aliphatic heterocycles. The average Bonchev–Trinajstić information content (AvgIpc) is 3.14. The third-order valence-electron chi connectivity index (χ3n) is 5.16. The number of hydrogen-bond donors (Lipinski definition) is 0. The zero-order valence-corrected chi connectivity index (χ0v) is 17.7. The van der Waals surface area contributed by atoms with Gasteiger partial charge in [0, 0.05) is 23.3 Å². The van der Waals surface area contributed by atoms with Crippen molar-refractivity contribution < 1.29 is 18.8 Å². The van der Waals surface area contributed by atoms with Gasteiger partial charge in [-0.3, -0.25) is 10.1 Å². The van der Waals surface area contributed by atoms with Crippen molar-refractivity contribution in [2.24, 2.45) is 5.10 Å². The van der Waals surface area contributed by atoms with Crippen LogP contribution in [0, 0.1) is 17.0 Å². The normalized spacial score (nSPS) is 15.7. The molecular formula is C22H22N4O5. The van der Waals surface area contributed by atoms with Gasteiger partial charge in [0.05, 0.1) is 37.1 Å². The number of nitro groups is 1. The van der Waals surface area contributed by atoms with Crippen molar-refractivity contribution in [3.05, 3.63) is 75.2 Å². The fourth-order valence-corrected chi connectivity index (χ4v) is 3.61. The standard InChI is InChI=1S/C22H22N4O5/c1-13-9-16-10-19(29-3)20(30-4)11-18(16)21(15-5-7-17(8-6-15)26(27)28)24-25(13)22-23-12-14(2)31-22/h5-8,10-13H,9H2,1-4H3/t13-/m1/s1. The molecule has 4 rings (SSSR count). The van der Waals surface area contributed by atoms with Crippen molar-refractivity contribution in [1.29, 1.82) is 0 Å². The molecule has 3 aromatic rings. The highest BCUT2D eigenvalue weighted by Crippen LogP contribution is 2.35. The van der Waals surface area contributed by atoms with E-state index in [4.69, 9.17) is 19.0 Å². The summed E-state index contributed by atoms with van der Waals surface area (Å²) in [5, 5.41) is 17.7. The Kier molecular flexibility index (Phi) is 5.33. The lowest BCUT2D eigenvalue weighted by molar-refractivity contribution is -0.384. The monoisotopic (exact) mass is 422 g/mol. The summed E-state index contributed by atoms with van der Waals surface area (Å²) in [5.41, 5.74) is 3.23. The number of fused-ring (bicyclic) bond motifs is 1. The highest BCUT2D eigenvalue weighted by atomic mass is 16.6. The Hall–Kier alpha value is -3.88. The number of anilines is 1. The summed E-state index contributed by atoms with van der Waals surface area (Å²) in [6, 6.07) is 10.4. The molecule has 1 atom stereocenters. The number of non-ortho nitro benzene ring substituents is 1. The molecule has 0 spiro atoms. The fourth-order valence-electron chi connectivity index (χ4n) is 3.61. The van der Waals surface area contributed by atoms with Gasteiger partial charge in [-0.25, -0.2) is 9.99 Å². The first-order valence-electron chi connectivity index (χ1n) is 9.71. The summed E-state index contributed by atoms with van der Waals surface area (Å²) in [5.74, 6) is 1.88. The number of ether oxygens (including phenoxy) is 2. The number of oxazole rings is 1. The molecular weight excluding hydrogens is 400 g/mol. The molecule has 1 aliphatic rings. The lowest BCUT2D eigenvalue weighted by atomic mass is 9.94. The van der Waals surface area contributed by atoms with Crippen molar-refractivity contribution in [2.45, 2.75) is 26.3 Å². The maximum absolute atomic E-state index is 11.1. The Morgan fingerprint density at radius 1 is 1.16 bits per heavy atom. The predicted molar refractivity (Wildman–Crippen MR) is 115 cm³/mol. The molecule has 0 fully saturated rings. The van der Waals surface area contributed by atoms with E-state index in [1.165, 1.54) is 12.1 Å². The maximum Gasteiger partial charge on any atom is 0.318 e. The van der Waals surface area contributed by atoms with E-state index in [1.807, 2.05) is 26.0 Å². The highest BCUT2D eigenvalue weighted by molar-refractivity contribution is 6.14. The first-order chi connectivity index (χ1) is 14.9. The molecule has 0 radical (unpaired) electrons. The largest absolute Gasteiger partial charge is 0.493 e. The van der Waals surface area contributed by atoms with Crippen molar-refractivity contribution in [2.75, 3.05) is 19.2 Å². The lowest BCUT2D eigenvalue weighted by Gasteiger charge is -2.21.